The quantitative estimate of drug-likeness (QED) is 0.782. The lowest BCUT2D eigenvalue weighted by Crippen LogP contribution is -2.25. The van der Waals surface area contributed by atoms with Crippen molar-refractivity contribution >= 4 is 20.9 Å². The molecular formula is C17H15FN2O2S. The maximum absolute atomic E-state index is 12.8. The standard InChI is InChI=1S/C17H15FN2O2S/c18-15-8-5-13(6-9-15)12-23(21,22)19-11-16-10-7-14-3-1-2-4-17(14)20-16/h1-10,19H,11-12H2. The molecule has 0 radical (unpaired) electrons. The molecule has 0 aliphatic carbocycles. The highest BCUT2D eigenvalue weighted by molar-refractivity contribution is 7.88. The van der Waals surface area contributed by atoms with Gasteiger partial charge in [0, 0.05) is 5.39 Å². The van der Waals surface area contributed by atoms with Crippen LogP contribution in [0.25, 0.3) is 10.9 Å². The number of hydrogen-bond acceptors (Lipinski definition) is 3. The van der Waals surface area contributed by atoms with Crippen LogP contribution >= 0.6 is 0 Å². The predicted octanol–water partition coefficient (Wildman–Crippen LogP) is 2.99. The maximum Gasteiger partial charge on any atom is 0.216 e. The lowest BCUT2D eigenvalue weighted by atomic mass is 10.2. The molecule has 0 saturated carbocycles. The molecule has 3 aromatic rings. The summed E-state index contributed by atoms with van der Waals surface area (Å²) >= 11 is 0. The highest BCUT2D eigenvalue weighted by Crippen LogP contribution is 2.12. The Balaban J connectivity index is 1.69. The van der Waals surface area contributed by atoms with Gasteiger partial charge in [0.1, 0.15) is 5.82 Å². The van der Waals surface area contributed by atoms with Crippen LogP contribution in [0.2, 0.25) is 0 Å². The Kier molecular flexibility index (Phi) is 4.36. The summed E-state index contributed by atoms with van der Waals surface area (Å²) in [5, 5.41) is 1.01. The molecule has 1 N–H and O–H groups in total. The lowest BCUT2D eigenvalue weighted by molar-refractivity contribution is 0.579. The van der Waals surface area contributed by atoms with Crippen molar-refractivity contribution in [1.29, 1.82) is 0 Å². The second-order valence-electron chi connectivity index (χ2n) is 5.20. The number of sulfonamides is 1. The van der Waals surface area contributed by atoms with Gasteiger partial charge in [0.15, 0.2) is 0 Å². The van der Waals surface area contributed by atoms with Gasteiger partial charge in [-0.15, -0.1) is 0 Å². The zero-order valence-electron chi connectivity index (χ0n) is 12.2. The van der Waals surface area contributed by atoms with Crippen LogP contribution in [0.5, 0.6) is 0 Å². The van der Waals surface area contributed by atoms with Crippen molar-refractivity contribution in [2.75, 3.05) is 0 Å². The number of benzene rings is 2. The Morgan fingerprint density at radius 1 is 0.957 bits per heavy atom. The lowest BCUT2D eigenvalue weighted by Gasteiger charge is -2.07. The van der Waals surface area contributed by atoms with E-state index in [1.54, 1.807) is 6.07 Å². The number of hydrogen-bond donors (Lipinski definition) is 1. The fraction of sp³-hybridized carbons (Fsp3) is 0.118. The predicted molar refractivity (Wildman–Crippen MR) is 87.6 cm³/mol. The van der Waals surface area contributed by atoms with Crippen molar-refractivity contribution in [2.24, 2.45) is 0 Å². The molecule has 0 bridgehead atoms. The number of rotatable bonds is 5. The number of halogens is 1. The van der Waals surface area contributed by atoms with E-state index in [0.717, 1.165) is 10.9 Å². The maximum atomic E-state index is 12.8. The van der Waals surface area contributed by atoms with Crippen LogP contribution in [-0.4, -0.2) is 13.4 Å². The van der Waals surface area contributed by atoms with Crippen molar-refractivity contribution in [1.82, 2.24) is 9.71 Å². The number of nitrogens with zero attached hydrogens (tertiary/aromatic N) is 1. The number of para-hydroxylation sites is 1. The second kappa shape index (κ2) is 6.44. The Morgan fingerprint density at radius 2 is 1.70 bits per heavy atom. The van der Waals surface area contributed by atoms with Gasteiger partial charge in [-0.05, 0) is 29.8 Å². The molecule has 3 rings (SSSR count). The van der Waals surface area contributed by atoms with Gasteiger partial charge in [-0.2, -0.15) is 0 Å². The first-order chi connectivity index (χ1) is 11.0. The Hall–Kier alpha value is -2.31. The molecule has 0 amide bonds. The fourth-order valence-electron chi connectivity index (χ4n) is 2.24. The van der Waals surface area contributed by atoms with Crippen molar-refractivity contribution in [3.63, 3.8) is 0 Å². The van der Waals surface area contributed by atoms with E-state index in [9.17, 15) is 12.8 Å². The molecule has 0 saturated heterocycles. The zero-order chi connectivity index (χ0) is 16.3. The normalized spacial score (nSPS) is 11.7. The van der Waals surface area contributed by atoms with Gasteiger partial charge in [0.05, 0.1) is 23.5 Å². The third-order valence-electron chi connectivity index (χ3n) is 3.40. The minimum absolute atomic E-state index is 0.119. The smallest absolute Gasteiger partial charge is 0.216 e. The highest BCUT2D eigenvalue weighted by atomic mass is 32.2. The molecule has 0 atom stereocenters. The van der Waals surface area contributed by atoms with Gasteiger partial charge in [-0.3, -0.25) is 4.98 Å². The summed E-state index contributed by atoms with van der Waals surface area (Å²) in [5.41, 5.74) is 2.00. The molecule has 0 fully saturated rings. The first-order valence-electron chi connectivity index (χ1n) is 7.08. The van der Waals surface area contributed by atoms with Crippen LogP contribution in [0.15, 0.2) is 60.7 Å². The summed E-state index contributed by atoms with van der Waals surface area (Å²) in [7, 11) is -3.51. The first kappa shape index (κ1) is 15.6. The molecule has 6 heteroatoms. The SMILES string of the molecule is O=S(=O)(Cc1ccc(F)cc1)NCc1ccc2ccccc2n1. The molecule has 0 spiro atoms. The Bertz CT molecular complexity index is 925. The Morgan fingerprint density at radius 3 is 2.48 bits per heavy atom. The van der Waals surface area contributed by atoms with E-state index in [1.165, 1.54) is 24.3 Å². The van der Waals surface area contributed by atoms with E-state index < -0.39 is 10.0 Å². The number of nitrogens with one attached hydrogen (secondary N) is 1. The summed E-state index contributed by atoms with van der Waals surface area (Å²) < 4.78 is 39.5. The molecule has 1 aromatic heterocycles. The third kappa shape index (κ3) is 4.12. The zero-order valence-corrected chi connectivity index (χ0v) is 13.1. The number of aromatic nitrogens is 1. The van der Waals surface area contributed by atoms with Crippen LogP contribution in [0, 0.1) is 5.82 Å². The fourth-order valence-corrected chi connectivity index (χ4v) is 3.34. The first-order valence-corrected chi connectivity index (χ1v) is 8.73. The molecule has 0 aliphatic rings. The summed E-state index contributed by atoms with van der Waals surface area (Å²) in [6.07, 6.45) is 0. The van der Waals surface area contributed by atoms with Crippen LogP contribution in [0.4, 0.5) is 4.39 Å². The topological polar surface area (TPSA) is 59.1 Å². The van der Waals surface area contributed by atoms with E-state index in [0.29, 0.717) is 11.3 Å². The molecule has 0 unspecified atom stereocenters. The van der Waals surface area contributed by atoms with Gasteiger partial charge < -0.3 is 0 Å². The van der Waals surface area contributed by atoms with Gasteiger partial charge in [-0.1, -0.05) is 36.4 Å². The van der Waals surface area contributed by atoms with Crippen molar-refractivity contribution < 1.29 is 12.8 Å². The molecular weight excluding hydrogens is 315 g/mol. The summed E-state index contributed by atoms with van der Waals surface area (Å²) in [4.78, 5) is 4.42. The molecule has 23 heavy (non-hydrogen) atoms. The van der Waals surface area contributed by atoms with E-state index in [1.807, 2.05) is 30.3 Å². The van der Waals surface area contributed by atoms with Crippen LogP contribution in [0.3, 0.4) is 0 Å². The van der Waals surface area contributed by atoms with E-state index in [2.05, 4.69) is 9.71 Å². The monoisotopic (exact) mass is 330 g/mol. The minimum Gasteiger partial charge on any atom is -0.251 e. The summed E-state index contributed by atoms with van der Waals surface area (Å²) in [6, 6.07) is 16.8. The van der Waals surface area contributed by atoms with Crippen LogP contribution in [-0.2, 0) is 22.3 Å². The molecule has 1 heterocycles. The minimum atomic E-state index is -3.51. The van der Waals surface area contributed by atoms with Crippen molar-refractivity contribution in [2.45, 2.75) is 12.3 Å². The van der Waals surface area contributed by atoms with E-state index >= 15 is 0 Å². The Labute approximate surface area is 134 Å². The second-order valence-corrected chi connectivity index (χ2v) is 7.01. The van der Waals surface area contributed by atoms with Crippen molar-refractivity contribution in [3.05, 3.63) is 77.7 Å². The molecule has 0 aliphatic heterocycles. The largest absolute Gasteiger partial charge is 0.251 e. The number of fused-ring (bicyclic) bond motifs is 1. The van der Waals surface area contributed by atoms with Gasteiger partial charge in [-0.25, -0.2) is 17.5 Å². The summed E-state index contributed by atoms with van der Waals surface area (Å²) in [5.74, 6) is -0.583. The summed E-state index contributed by atoms with van der Waals surface area (Å²) in [6.45, 7) is 0.119. The molecule has 118 valence electrons. The average molecular weight is 330 g/mol. The molecule has 2 aromatic carbocycles. The van der Waals surface area contributed by atoms with Gasteiger partial charge in [0.25, 0.3) is 0 Å². The van der Waals surface area contributed by atoms with E-state index in [-0.39, 0.29) is 18.1 Å². The third-order valence-corrected chi connectivity index (χ3v) is 4.70. The van der Waals surface area contributed by atoms with Crippen molar-refractivity contribution in [3.8, 4) is 0 Å². The van der Waals surface area contributed by atoms with E-state index in [4.69, 9.17) is 0 Å². The number of pyridine rings is 1. The average Bonchev–Trinajstić information content (AvgIpc) is 2.55. The highest BCUT2D eigenvalue weighted by Gasteiger charge is 2.12. The molecule has 4 nitrogen and oxygen atoms in total. The van der Waals surface area contributed by atoms with Crippen LogP contribution in [0.1, 0.15) is 11.3 Å². The van der Waals surface area contributed by atoms with Gasteiger partial charge in [0.2, 0.25) is 10.0 Å². The van der Waals surface area contributed by atoms with Gasteiger partial charge >= 0.3 is 0 Å². The van der Waals surface area contributed by atoms with Crippen LogP contribution < -0.4 is 4.72 Å².